The van der Waals surface area contributed by atoms with Gasteiger partial charge in [0.2, 0.25) is 5.91 Å². The third-order valence-corrected chi connectivity index (χ3v) is 3.41. The lowest BCUT2D eigenvalue weighted by Crippen LogP contribution is -2.40. The highest BCUT2D eigenvalue weighted by molar-refractivity contribution is 5.78. The first-order valence-electron chi connectivity index (χ1n) is 7.31. The second kappa shape index (κ2) is 8.92. The number of ether oxygens (including phenoxy) is 1. The van der Waals surface area contributed by atoms with Crippen LogP contribution in [-0.4, -0.2) is 72.7 Å². The number of carboxylic acids is 1. The van der Waals surface area contributed by atoms with Crippen LogP contribution in [0, 0.1) is 5.92 Å². The molecular formula is C14H26N2O4. The number of hydrogen-bond acceptors (Lipinski definition) is 4. The topological polar surface area (TPSA) is 70.1 Å². The van der Waals surface area contributed by atoms with Crippen molar-refractivity contribution in [1.82, 2.24) is 9.80 Å². The van der Waals surface area contributed by atoms with Crippen LogP contribution in [-0.2, 0) is 14.3 Å². The Bertz CT molecular complexity index is 314. The molecule has 0 aromatic rings. The van der Waals surface area contributed by atoms with Crippen molar-refractivity contribution in [1.29, 1.82) is 0 Å². The van der Waals surface area contributed by atoms with Crippen LogP contribution in [0.1, 0.15) is 26.7 Å². The molecule has 1 amide bonds. The molecule has 0 unspecified atom stereocenters. The molecule has 0 saturated carbocycles. The van der Waals surface area contributed by atoms with Gasteiger partial charge in [0.15, 0.2) is 0 Å². The quantitative estimate of drug-likeness (QED) is 0.710. The van der Waals surface area contributed by atoms with Crippen LogP contribution in [0.2, 0.25) is 0 Å². The summed E-state index contributed by atoms with van der Waals surface area (Å²) < 4.78 is 5.29. The zero-order chi connectivity index (χ0) is 15.0. The van der Waals surface area contributed by atoms with Gasteiger partial charge < -0.3 is 14.7 Å². The van der Waals surface area contributed by atoms with Crippen molar-refractivity contribution >= 4 is 11.9 Å². The van der Waals surface area contributed by atoms with E-state index < -0.39 is 5.97 Å². The van der Waals surface area contributed by atoms with Crippen LogP contribution < -0.4 is 0 Å². The SMILES string of the molecule is CC(C)C(=O)N(CCCN1CCOCC1)CCC(=O)O. The maximum absolute atomic E-state index is 12.0. The Morgan fingerprint density at radius 1 is 1.25 bits per heavy atom. The van der Waals surface area contributed by atoms with Gasteiger partial charge in [-0.25, -0.2) is 0 Å². The van der Waals surface area contributed by atoms with E-state index in [0.717, 1.165) is 39.3 Å². The molecule has 0 radical (unpaired) electrons. The summed E-state index contributed by atoms with van der Waals surface area (Å²) in [6, 6.07) is 0. The molecule has 1 aliphatic heterocycles. The molecule has 1 heterocycles. The van der Waals surface area contributed by atoms with Gasteiger partial charge in [-0.3, -0.25) is 14.5 Å². The Balaban J connectivity index is 2.34. The van der Waals surface area contributed by atoms with Crippen molar-refractivity contribution in [2.45, 2.75) is 26.7 Å². The summed E-state index contributed by atoms with van der Waals surface area (Å²) in [5, 5.41) is 8.75. The molecule has 1 fully saturated rings. The van der Waals surface area contributed by atoms with Crippen molar-refractivity contribution in [2.75, 3.05) is 45.9 Å². The number of carbonyl (C=O) groups is 2. The van der Waals surface area contributed by atoms with E-state index in [2.05, 4.69) is 4.90 Å². The predicted octanol–water partition coefficient (Wildman–Crippen LogP) is 0.668. The molecule has 1 rings (SSSR count). The van der Waals surface area contributed by atoms with E-state index in [4.69, 9.17) is 9.84 Å². The maximum atomic E-state index is 12.0. The minimum absolute atomic E-state index is 0.00993. The van der Waals surface area contributed by atoms with Gasteiger partial charge in [-0.2, -0.15) is 0 Å². The third-order valence-electron chi connectivity index (χ3n) is 3.41. The Hall–Kier alpha value is -1.14. The summed E-state index contributed by atoms with van der Waals surface area (Å²) in [4.78, 5) is 26.7. The van der Waals surface area contributed by atoms with Gasteiger partial charge in [-0.15, -0.1) is 0 Å². The fraction of sp³-hybridized carbons (Fsp3) is 0.857. The Morgan fingerprint density at radius 3 is 2.45 bits per heavy atom. The lowest BCUT2D eigenvalue weighted by atomic mass is 10.1. The van der Waals surface area contributed by atoms with Crippen LogP contribution in [0.4, 0.5) is 0 Å². The average Bonchev–Trinajstić information content (AvgIpc) is 2.42. The number of rotatable bonds is 8. The third kappa shape index (κ3) is 6.34. The normalized spacial score (nSPS) is 16.4. The summed E-state index contributed by atoms with van der Waals surface area (Å²) >= 11 is 0. The first kappa shape index (κ1) is 16.9. The zero-order valence-corrected chi connectivity index (χ0v) is 12.5. The summed E-state index contributed by atoms with van der Waals surface area (Å²) in [7, 11) is 0. The highest BCUT2D eigenvalue weighted by Crippen LogP contribution is 2.05. The molecule has 0 aliphatic carbocycles. The molecule has 1 N–H and O–H groups in total. The van der Waals surface area contributed by atoms with Crippen molar-refractivity contribution in [3.8, 4) is 0 Å². The van der Waals surface area contributed by atoms with Gasteiger partial charge in [-0.05, 0) is 6.42 Å². The second-order valence-corrected chi connectivity index (χ2v) is 5.43. The van der Waals surface area contributed by atoms with E-state index >= 15 is 0 Å². The average molecular weight is 286 g/mol. The summed E-state index contributed by atoms with van der Waals surface area (Å²) in [5.74, 6) is -0.917. The van der Waals surface area contributed by atoms with Crippen LogP contribution in [0.3, 0.4) is 0 Å². The molecule has 1 saturated heterocycles. The molecule has 0 aromatic carbocycles. The number of carbonyl (C=O) groups excluding carboxylic acids is 1. The molecule has 116 valence electrons. The molecule has 20 heavy (non-hydrogen) atoms. The fourth-order valence-electron chi connectivity index (χ4n) is 2.24. The standard InChI is InChI=1S/C14H26N2O4/c1-12(2)14(19)16(7-4-13(17)18)6-3-5-15-8-10-20-11-9-15/h12H,3-11H2,1-2H3,(H,17,18). The Morgan fingerprint density at radius 2 is 1.90 bits per heavy atom. The largest absolute Gasteiger partial charge is 0.481 e. The highest BCUT2D eigenvalue weighted by atomic mass is 16.5. The monoisotopic (exact) mass is 286 g/mol. The lowest BCUT2D eigenvalue weighted by Gasteiger charge is -2.28. The van der Waals surface area contributed by atoms with E-state index in [1.54, 1.807) is 4.90 Å². The minimum atomic E-state index is -0.861. The van der Waals surface area contributed by atoms with E-state index in [1.165, 1.54) is 0 Å². The van der Waals surface area contributed by atoms with Gasteiger partial charge in [0.1, 0.15) is 0 Å². The first-order chi connectivity index (χ1) is 9.50. The number of aliphatic carboxylic acids is 1. The fourth-order valence-corrected chi connectivity index (χ4v) is 2.24. The molecule has 0 bridgehead atoms. The summed E-state index contributed by atoms with van der Waals surface area (Å²) in [6.07, 6.45) is 0.883. The van der Waals surface area contributed by atoms with Crippen LogP contribution in [0.25, 0.3) is 0 Å². The van der Waals surface area contributed by atoms with Crippen LogP contribution >= 0.6 is 0 Å². The van der Waals surface area contributed by atoms with Gasteiger partial charge in [-0.1, -0.05) is 13.8 Å². The number of hydrogen-bond donors (Lipinski definition) is 1. The number of carboxylic acid groups (broad SMARTS) is 1. The lowest BCUT2D eigenvalue weighted by molar-refractivity contribution is -0.139. The van der Waals surface area contributed by atoms with Gasteiger partial charge in [0.25, 0.3) is 0 Å². The minimum Gasteiger partial charge on any atom is -0.481 e. The van der Waals surface area contributed by atoms with E-state index in [0.29, 0.717) is 13.1 Å². The van der Waals surface area contributed by atoms with Gasteiger partial charge >= 0.3 is 5.97 Å². The van der Waals surface area contributed by atoms with Crippen molar-refractivity contribution in [3.63, 3.8) is 0 Å². The molecular weight excluding hydrogens is 260 g/mol. The highest BCUT2D eigenvalue weighted by Gasteiger charge is 2.18. The summed E-state index contributed by atoms with van der Waals surface area (Å²) in [5.41, 5.74) is 0. The van der Waals surface area contributed by atoms with Crippen LogP contribution in [0.5, 0.6) is 0 Å². The number of nitrogens with zero attached hydrogens (tertiary/aromatic N) is 2. The molecule has 6 heteroatoms. The predicted molar refractivity (Wildman–Crippen MR) is 75.5 cm³/mol. The van der Waals surface area contributed by atoms with Crippen molar-refractivity contribution in [3.05, 3.63) is 0 Å². The molecule has 6 nitrogen and oxygen atoms in total. The number of morpholine rings is 1. The molecule has 0 spiro atoms. The van der Waals surface area contributed by atoms with Gasteiger partial charge in [0.05, 0.1) is 19.6 Å². The molecule has 0 atom stereocenters. The van der Waals surface area contributed by atoms with E-state index in [1.807, 2.05) is 13.8 Å². The second-order valence-electron chi connectivity index (χ2n) is 5.43. The molecule has 1 aliphatic rings. The zero-order valence-electron chi connectivity index (χ0n) is 12.5. The van der Waals surface area contributed by atoms with E-state index in [-0.39, 0.29) is 18.2 Å². The smallest absolute Gasteiger partial charge is 0.305 e. The van der Waals surface area contributed by atoms with E-state index in [9.17, 15) is 9.59 Å². The van der Waals surface area contributed by atoms with Crippen LogP contribution in [0.15, 0.2) is 0 Å². The first-order valence-corrected chi connectivity index (χ1v) is 7.31. The van der Waals surface area contributed by atoms with Crippen molar-refractivity contribution < 1.29 is 19.4 Å². The molecule has 0 aromatic heterocycles. The summed E-state index contributed by atoms with van der Waals surface area (Å²) in [6.45, 7) is 8.97. The maximum Gasteiger partial charge on any atom is 0.305 e. The Kier molecular flexibility index (Phi) is 7.54. The number of amides is 1. The van der Waals surface area contributed by atoms with Crippen molar-refractivity contribution in [2.24, 2.45) is 5.92 Å². The van der Waals surface area contributed by atoms with Gasteiger partial charge in [0, 0.05) is 38.6 Å². The Labute approximate surface area is 120 Å².